The predicted molar refractivity (Wildman–Crippen MR) is 35.1 cm³/mol. The smallest absolute Gasteiger partial charge is 0.391 e. The maximum absolute atomic E-state index is 10.2. The van der Waals surface area contributed by atoms with Crippen LogP contribution in [0.2, 0.25) is 0 Å². The Bertz CT molecular complexity index is 176. The third-order valence-electron chi connectivity index (χ3n) is 1.37. The lowest BCUT2D eigenvalue weighted by molar-refractivity contribution is -0.130. The molecule has 0 aromatic heterocycles. The van der Waals surface area contributed by atoms with Gasteiger partial charge in [-0.3, -0.25) is 0 Å². The second kappa shape index (κ2) is 2.68. The molecular formula is C6H9NO3. The molecule has 0 amide bonds. The van der Waals surface area contributed by atoms with Gasteiger partial charge in [-0.1, -0.05) is 6.92 Å². The van der Waals surface area contributed by atoms with Crippen LogP contribution in [0.5, 0.6) is 0 Å². The number of hydrogen-bond donors (Lipinski definition) is 1. The van der Waals surface area contributed by atoms with Crippen molar-refractivity contribution in [2.75, 3.05) is 6.61 Å². The Morgan fingerprint density at radius 1 is 2.00 bits per heavy atom. The molecule has 1 rings (SSSR count). The number of hydrogen-bond acceptors (Lipinski definition) is 3. The van der Waals surface area contributed by atoms with E-state index >= 15 is 0 Å². The Labute approximate surface area is 58.5 Å². The summed E-state index contributed by atoms with van der Waals surface area (Å²) in [7, 11) is 0. The van der Waals surface area contributed by atoms with Crippen LogP contribution in [-0.2, 0) is 9.53 Å². The maximum atomic E-state index is 10.2. The van der Waals surface area contributed by atoms with Crippen molar-refractivity contribution in [1.29, 1.82) is 0 Å². The SMILES string of the molecule is CCC1COC(C(=O)O)=N1. The largest absolute Gasteiger partial charge is 0.474 e. The topological polar surface area (TPSA) is 58.9 Å². The number of carbonyl (C=O) groups is 1. The van der Waals surface area contributed by atoms with E-state index < -0.39 is 5.97 Å². The molecular weight excluding hydrogens is 134 g/mol. The fraction of sp³-hybridized carbons (Fsp3) is 0.667. The molecule has 56 valence electrons. The Morgan fingerprint density at radius 2 is 2.70 bits per heavy atom. The zero-order chi connectivity index (χ0) is 7.56. The van der Waals surface area contributed by atoms with Crippen molar-refractivity contribution in [2.45, 2.75) is 19.4 Å². The van der Waals surface area contributed by atoms with Crippen molar-refractivity contribution >= 4 is 11.9 Å². The number of aliphatic imine (C=N–C) groups is 1. The summed E-state index contributed by atoms with van der Waals surface area (Å²) in [6.45, 7) is 2.36. The van der Waals surface area contributed by atoms with Crippen LogP contribution in [0, 0.1) is 0 Å². The molecule has 1 N–H and O–H groups in total. The highest BCUT2D eigenvalue weighted by molar-refractivity contribution is 6.32. The molecule has 0 radical (unpaired) electrons. The standard InChI is InChI=1S/C6H9NO3/c1-2-4-3-10-5(7-4)6(8)9/h4H,2-3H2,1H3,(H,8,9). The van der Waals surface area contributed by atoms with E-state index in [1.165, 1.54) is 0 Å². The second-order valence-electron chi connectivity index (χ2n) is 2.11. The summed E-state index contributed by atoms with van der Waals surface area (Å²) in [5.74, 6) is -1.22. The average Bonchev–Trinajstić information content (AvgIpc) is 2.34. The fourth-order valence-electron chi connectivity index (χ4n) is 0.742. The minimum Gasteiger partial charge on any atom is -0.474 e. The van der Waals surface area contributed by atoms with Crippen LogP contribution in [0.25, 0.3) is 0 Å². The minimum absolute atomic E-state index is 0.0473. The van der Waals surface area contributed by atoms with E-state index in [1.54, 1.807) is 0 Å². The van der Waals surface area contributed by atoms with Crippen LogP contribution >= 0.6 is 0 Å². The van der Waals surface area contributed by atoms with Gasteiger partial charge in [-0.05, 0) is 6.42 Å². The Balaban J connectivity index is 2.57. The van der Waals surface area contributed by atoms with E-state index in [1.807, 2.05) is 6.92 Å². The summed E-state index contributed by atoms with van der Waals surface area (Å²) in [5.41, 5.74) is 0. The quantitative estimate of drug-likeness (QED) is 0.604. The van der Waals surface area contributed by atoms with E-state index in [0.717, 1.165) is 6.42 Å². The highest BCUT2D eigenvalue weighted by Crippen LogP contribution is 2.07. The van der Waals surface area contributed by atoms with Gasteiger partial charge in [0.05, 0.1) is 6.04 Å². The maximum Gasteiger partial charge on any atom is 0.391 e. The molecule has 1 aliphatic rings. The summed E-state index contributed by atoms with van der Waals surface area (Å²) < 4.78 is 4.77. The highest BCUT2D eigenvalue weighted by Gasteiger charge is 2.21. The summed E-state index contributed by atoms with van der Waals surface area (Å²) in [4.78, 5) is 14.0. The number of ether oxygens (including phenoxy) is 1. The first kappa shape index (κ1) is 7.05. The van der Waals surface area contributed by atoms with E-state index in [-0.39, 0.29) is 11.9 Å². The molecule has 0 spiro atoms. The van der Waals surface area contributed by atoms with Gasteiger partial charge in [-0.25, -0.2) is 9.79 Å². The number of carboxylic acids is 1. The van der Waals surface area contributed by atoms with Gasteiger partial charge in [0.15, 0.2) is 0 Å². The summed E-state index contributed by atoms with van der Waals surface area (Å²) in [6, 6.07) is 0.0473. The van der Waals surface area contributed by atoms with Crippen LogP contribution in [0.15, 0.2) is 4.99 Å². The fourth-order valence-corrected chi connectivity index (χ4v) is 0.742. The molecule has 0 aromatic rings. The van der Waals surface area contributed by atoms with Gasteiger partial charge in [0.2, 0.25) is 0 Å². The van der Waals surface area contributed by atoms with Gasteiger partial charge in [0.1, 0.15) is 6.61 Å². The molecule has 0 saturated carbocycles. The first-order chi connectivity index (χ1) is 4.74. The van der Waals surface area contributed by atoms with Gasteiger partial charge in [-0.2, -0.15) is 0 Å². The van der Waals surface area contributed by atoms with Crippen LogP contribution in [0.4, 0.5) is 0 Å². The van der Waals surface area contributed by atoms with Crippen LogP contribution in [-0.4, -0.2) is 29.6 Å². The van der Waals surface area contributed by atoms with Crippen LogP contribution < -0.4 is 0 Å². The van der Waals surface area contributed by atoms with Crippen molar-refractivity contribution in [3.63, 3.8) is 0 Å². The molecule has 1 heterocycles. The summed E-state index contributed by atoms with van der Waals surface area (Å²) >= 11 is 0. The molecule has 0 saturated heterocycles. The van der Waals surface area contributed by atoms with Gasteiger partial charge >= 0.3 is 5.97 Å². The monoisotopic (exact) mass is 143 g/mol. The van der Waals surface area contributed by atoms with Gasteiger partial charge in [0.25, 0.3) is 5.90 Å². The van der Waals surface area contributed by atoms with E-state index in [0.29, 0.717) is 6.61 Å². The molecule has 0 aliphatic carbocycles. The number of rotatable bonds is 2. The first-order valence-electron chi connectivity index (χ1n) is 3.18. The lowest BCUT2D eigenvalue weighted by Gasteiger charge is -1.95. The third kappa shape index (κ3) is 1.26. The van der Waals surface area contributed by atoms with Crippen molar-refractivity contribution < 1.29 is 14.6 Å². The number of nitrogens with zero attached hydrogens (tertiary/aromatic N) is 1. The van der Waals surface area contributed by atoms with E-state index in [2.05, 4.69) is 4.99 Å². The molecule has 1 unspecified atom stereocenters. The zero-order valence-electron chi connectivity index (χ0n) is 5.70. The molecule has 0 fully saturated rings. The molecule has 1 aliphatic heterocycles. The lowest BCUT2D eigenvalue weighted by Crippen LogP contribution is -2.12. The summed E-state index contributed by atoms with van der Waals surface area (Å²) in [5, 5.41) is 8.37. The minimum atomic E-state index is -1.07. The highest BCUT2D eigenvalue weighted by atomic mass is 16.5. The molecule has 0 aromatic carbocycles. The van der Waals surface area contributed by atoms with Crippen molar-refractivity contribution in [1.82, 2.24) is 0 Å². The molecule has 10 heavy (non-hydrogen) atoms. The molecule has 0 bridgehead atoms. The van der Waals surface area contributed by atoms with Crippen molar-refractivity contribution in [3.05, 3.63) is 0 Å². The Kier molecular flexibility index (Phi) is 1.89. The first-order valence-corrected chi connectivity index (χ1v) is 3.18. The Hall–Kier alpha value is -1.06. The van der Waals surface area contributed by atoms with Crippen LogP contribution in [0.3, 0.4) is 0 Å². The number of aliphatic carboxylic acids is 1. The Morgan fingerprint density at radius 3 is 3.00 bits per heavy atom. The molecule has 1 atom stereocenters. The van der Waals surface area contributed by atoms with Gasteiger partial charge < -0.3 is 9.84 Å². The van der Waals surface area contributed by atoms with Crippen LogP contribution in [0.1, 0.15) is 13.3 Å². The normalized spacial score (nSPS) is 23.7. The van der Waals surface area contributed by atoms with Crippen molar-refractivity contribution in [3.8, 4) is 0 Å². The zero-order valence-corrected chi connectivity index (χ0v) is 5.70. The summed E-state index contributed by atoms with van der Waals surface area (Å²) in [6.07, 6.45) is 0.830. The average molecular weight is 143 g/mol. The third-order valence-corrected chi connectivity index (χ3v) is 1.37. The lowest BCUT2D eigenvalue weighted by atomic mass is 10.3. The van der Waals surface area contributed by atoms with Crippen molar-refractivity contribution in [2.24, 2.45) is 4.99 Å². The molecule has 4 heteroatoms. The van der Waals surface area contributed by atoms with E-state index in [4.69, 9.17) is 9.84 Å². The van der Waals surface area contributed by atoms with E-state index in [9.17, 15) is 4.79 Å². The predicted octanol–water partition coefficient (Wildman–Crippen LogP) is 0.278. The number of carboxylic acid groups (broad SMARTS) is 1. The second-order valence-corrected chi connectivity index (χ2v) is 2.11. The molecule has 4 nitrogen and oxygen atoms in total. The van der Waals surface area contributed by atoms with Gasteiger partial charge in [0, 0.05) is 0 Å². The van der Waals surface area contributed by atoms with Gasteiger partial charge in [-0.15, -0.1) is 0 Å².